The van der Waals surface area contributed by atoms with Gasteiger partial charge in [-0.25, -0.2) is 0 Å². The fourth-order valence-electron chi connectivity index (χ4n) is 2.89. The Morgan fingerprint density at radius 1 is 1.19 bits per heavy atom. The highest BCUT2D eigenvalue weighted by Gasteiger charge is 2.29. The van der Waals surface area contributed by atoms with Crippen molar-refractivity contribution in [3.63, 3.8) is 0 Å². The molecule has 3 heterocycles. The van der Waals surface area contributed by atoms with Crippen LogP contribution in [0.4, 0.5) is 5.82 Å². The van der Waals surface area contributed by atoms with E-state index in [1.54, 1.807) is 23.1 Å². The van der Waals surface area contributed by atoms with Crippen LogP contribution in [0.5, 0.6) is 5.88 Å². The lowest BCUT2D eigenvalue weighted by atomic mass is 10.2. The largest absolute Gasteiger partial charge is 0.471 e. The first-order chi connectivity index (χ1) is 12.6. The zero-order valence-electron chi connectivity index (χ0n) is 14.5. The van der Waals surface area contributed by atoms with E-state index in [0.717, 1.165) is 35.0 Å². The summed E-state index contributed by atoms with van der Waals surface area (Å²) in [4.78, 5) is 16.4. The van der Waals surface area contributed by atoms with Gasteiger partial charge in [-0.2, -0.15) is 8.75 Å². The van der Waals surface area contributed by atoms with Crippen molar-refractivity contribution in [3.8, 4) is 5.88 Å². The van der Waals surface area contributed by atoms with Crippen LogP contribution in [-0.2, 0) is 0 Å². The van der Waals surface area contributed by atoms with E-state index in [-0.39, 0.29) is 12.0 Å². The van der Waals surface area contributed by atoms with E-state index in [1.165, 1.54) is 0 Å². The molecule has 1 unspecified atom stereocenters. The standard InChI is InChI=1S/C17H18N6O2S/c1-22(2)15-5-6-16(19-18-15)25-12-7-8-23(10-12)17(24)11-3-4-13-14(9-11)21-26-20-13/h3-6,9,12H,7-8,10H2,1-2H3. The normalized spacial score (nSPS) is 16.8. The number of carbonyl (C=O) groups excluding carboxylic acids is 1. The molecule has 9 heteroatoms. The van der Waals surface area contributed by atoms with Crippen molar-refractivity contribution in [2.45, 2.75) is 12.5 Å². The molecule has 0 N–H and O–H groups in total. The van der Waals surface area contributed by atoms with Gasteiger partial charge in [0, 0.05) is 38.7 Å². The highest BCUT2D eigenvalue weighted by molar-refractivity contribution is 7.00. The zero-order chi connectivity index (χ0) is 18.1. The summed E-state index contributed by atoms with van der Waals surface area (Å²) in [5.74, 6) is 1.23. The van der Waals surface area contributed by atoms with Gasteiger partial charge in [0.2, 0.25) is 5.88 Å². The first kappa shape index (κ1) is 16.6. The Bertz CT molecular complexity index is 926. The summed E-state index contributed by atoms with van der Waals surface area (Å²) in [5.41, 5.74) is 2.19. The van der Waals surface area contributed by atoms with E-state index in [4.69, 9.17) is 4.74 Å². The second-order valence-corrected chi connectivity index (χ2v) is 6.90. The summed E-state index contributed by atoms with van der Waals surface area (Å²) in [5, 5.41) is 8.19. The van der Waals surface area contributed by atoms with Crippen LogP contribution in [-0.4, -0.2) is 63.0 Å². The van der Waals surface area contributed by atoms with Crippen molar-refractivity contribution >= 4 is 34.5 Å². The van der Waals surface area contributed by atoms with E-state index in [0.29, 0.717) is 24.5 Å². The fourth-order valence-corrected chi connectivity index (χ4v) is 3.41. The third kappa shape index (κ3) is 3.30. The van der Waals surface area contributed by atoms with Gasteiger partial charge in [0.15, 0.2) is 5.82 Å². The van der Waals surface area contributed by atoms with Crippen LogP contribution < -0.4 is 9.64 Å². The molecule has 26 heavy (non-hydrogen) atoms. The maximum Gasteiger partial charge on any atom is 0.254 e. The number of likely N-dealkylation sites (tertiary alicyclic amines) is 1. The third-order valence-corrected chi connectivity index (χ3v) is 4.86. The molecule has 3 aromatic rings. The Kier molecular flexibility index (Phi) is 4.37. The average Bonchev–Trinajstić information content (AvgIpc) is 3.30. The molecular weight excluding hydrogens is 352 g/mol. The smallest absolute Gasteiger partial charge is 0.254 e. The minimum atomic E-state index is -0.0804. The molecule has 1 aliphatic rings. The lowest BCUT2D eigenvalue weighted by Crippen LogP contribution is -2.31. The predicted octanol–water partition coefficient (Wildman–Crippen LogP) is 1.84. The number of hydrogen-bond donors (Lipinski definition) is 0. The minimum Gasteiger partial charge on any atom is -0.471 e. The summed E-state index contributed by atoms with van der Waals surface area (Å²) in [7, 11) is 3.81. The van der Waals surface area contributed by atoms with Crippen LogP contribution in [0.3, 0.4) is 0 Å². The monoisotopic (exact) mass is 370 g/mol. The molecule has 1 atom stereocenters. The molecule has 2 aromatic heterocycles. The van der Waals surface area contributed by atoms with Gasteiger partial charge in [-0.1, -0.05) is 0 Å². The Balaban J connectivity index is 1.40. The molecule has 4 rings (SSSR count). The van der Waals surface area contributed by atoms with E-state index in [2.05, 4.69) is 18.9 Å². The molecule has 1 amide bonds. The summed E-state index contributed by atoms with van der Waals surface area (Å²) in [6, 6.07) is 9.08. The van der Waals surface area contributed by atoms with Crippen LogP contribution in [0, 0.1) is 0 Å². The van der Waals surface area contributed by atoms with Gasteiger partial charge in [-0.05, 0) is 24.3 Å². The number of amides is 1. The van der Waals surface area contributed by atoms with Crippen LogP contribution in [0.25, 0.3) is 11.0 Å². The van der Waals surface area contributed by atoms with Crippen molar-refractivity contribution in [1.82, 2.24) is 23.8 Å². The number of aromatic nitrogens is 4. The molecule has 134 valence electrons. The van der Waals surface area contributed by atoms with Crippen LogP contribution in [0.15, 0.2) is 30.3 Å². The number of rotatable bonds is 4. The summed E-state index contributed by atoms with van der Waals surface area (Å²) in [6.45, 7) is 1.18. The van der Waals surface area contributed by atoms with Crippen LogP contribution in [0.1, 0.15) is 16.8 Å². The molecule has 0 saturated carbocycles. The lowest BCUT2D eigenvalue weighted by Gasteiger charge is -2.17. The summed E-state index contributed by atoms with van der Waals surface area (Å²) in [6.07, 6.45) is 0.687. The van der Waals surface area contributed by atoms with Crippen LogP contribution in [0.2, 0.25) is 0 Å². The van der Waals surface area contributed by atoms with Crippen molar-refractivity contribution in [3.05, 3.63) is 35.9 Å². The third-order valence-electron chi connectivity index (χ3n) is 4.30. The number of ether oxygens (including phenoxy) is 1. The maximum atomic E-state index is 12.7. The molecule has 0 radical (unpaired) electrons. The number of anilines is 1. The van der Waals surface area contributed by atoms with Gasteiger partial charge in [0.1, 0.15) is 17.1 Å². The Morgan fingerprint density at radius 3 is 2.81 bits per heavy atom. The van der Waals surface area contributed by atoms with E-state index >= 15 is 0 Å². The van der Waals surface area contributed by atoms with E-state index in [9.17, 15) is 4.79 Å². The van der Waals surface area contributed by atoms with E-state index in [1.807, 2.05) is 31.1 Å². The van der Waals surface area contributed by atoms with Crippen molar-refractivity contribution in [2.75, 3.05) is 32.1 Å². The molecule has 0 aliphatic carbocycles. The SMILES string of the molecule is CN(C)c1ccc(OC2CCN(C(=O)c3ccc4nsnc4c3)C2)nn1. The van der Waals surface area contributed by atoms with Gasteiger partial charge in [-0.15, -0.1) is 10.2 Å². The first-order valence-electron chi connectivity index (χ1n) is 8.29. The average molecular weight is 370 g/mol. The van der Waals surface area contributed by atoms with Crippen molar-refractivity contribution in [2.24, 2.45) is 0 Å². The molecule has 1 fully saturated rings. The van der Waals surface area contributed by atoms with Gasteiger partial charge in [0.25, 0.3) is 5.91 Å². The highest BCUT2D eigenvalue weighted by Crippen LogP contribution is 2.21. The first-order valence-corrected chi connectivity index (χ1v) is 9.02. The fraction of sp³-hybridized carbons (Fsp3) is 0.353. The number of fused-ring (bicyclic) bond motifs is 1. The lowest BCUT2D eigenvalue weighted by molar-refractivity contribution is 0.0771. The number of carbonyl (C=O) groups is 1. The molecule has 8 nitrogen and oxygen atoms in total. The highest BCUT2D eigenvalue weighted by atomic mass is 32.1. The van der Waals surface area contributed by atoms with Crippen molar-refractivity contribution in [1.29, 1.82) is 0 Å². The molecular formula is C17H18N6O2S. The molecule has 1 aromatic carbocycles. The zero-order valence-corrected chi connectivity index (χ0v) is 15.3. The second-order valence-electron chi connectivity index (χ2n) is 6.37. The van der Waals surface area contributed by atoms with Gasteiger partial charge in [-0.3, -0.25) is 4.79 Å². The van der Waals surface area contributed by atoms with E-state index < -0.39 is 0 Å². The number of hydrogen-bond acceptors (Lipinski definition) is 8. The van der Waals surface area contributed by atoms with Gasteiger partial charge in [0.05, 0.1) is 18.3 Å². The number of nitrogens with zero attached hydrogens (tertiary/aromatic N) is 6. The predicted molar refractivity (Wildman–Crippen MR) is 98.7 cm³/mol. The van der Waals surface area contributed by atoms with Crippen LogP contribution >= 0.6 is 11.7 Å². The van der Waals surface area contributed by atoms with Gasteiger partial charge >= 0.3 is 0 Å². The summed E-state index contributed by atoms with van der Waals surface area (Å²) >= 11 is 1.15. The minimum absolute atomic E-state index is 0.0139. The Morgan fingerprint density at radius 2 is 2.04 bits per heavy atom. The van der Waals surface area contributed by atoms with Crippen molar-refractivity contribution < 1.29 is 9.53 Å². The quantitative estimate of drug-likeness (QED) is 0.693. The molecule has 1 saturated heterocycles. The molecule has 1 aliphatic heterocycles. The Hall–Kier alpha value is -2.81. The number of benzene rings is 1. The molecule has 0 bridgehead atoms. The van der Waals surface area contributed by atoms with Gasteiger partial charge < -0.3 is 14.5 Å². The molecule has 0 spiro atoms. The second kappa shape index (κ2) is 6.83. The topological polar surface area (TPSA) is 84.3 Å². The maximum absolute atomic E-state index is 12.7. The summed E-state index contributed by atoms with van der Waals surface area (Å²) < 4.78 is 14.2. The Labute approximate surface area is 154 Å².